The van der Waals surface area contributed by atoms with Crippen LogP contribution in [0.15, 0.2) is 41.3 Å². The third kappa shape index (κ3) is 3.89. The smallest absolute Gasteiger partial charge is 0.324 e. The Kier molecular flexibility index (Phi) is 6.36. The molecule has 0 spiro atoms. The maximum atomic E-state index is 14.8. The molecule has 0 N–H and O–H groups in total. The molecule has 8 heteroatoms. The quantitative estimate of drug-likeness (QED) is 0.644. The van der Waals surface area contributed by atoms with Crippen molar-refractivity contribution in [1.29, 1.82) is 0 Å². The van der Waals surface area contributed by atoms with Crippen LogP contribution in [-0.2, 0) is 19.6 Å². The van der Waals surface area contributed by atoms with Crippen LogP contribution in [0, 0.1) is 19.7 Å². The minimum Gasteiger partial charge on any atom is -0.468 e. The van der Waals surface area contributed by atoms with E-state index < -0.39 is 33.8 Å². The third-order valence-corrected chi connectivity index (χ3v) is 7.71. The van der Waals surface area contributed by atoms with Crippen LogP contribution in [0.4, 0.5) is 4.39 Å². The highest BCUT2D eigenvalue weighted by atomic mass is 35.5. The second-order valence-electron chi connectivity index (χ2n) is 7.32. The Balaban J connectivity index is 2.18. The number of carbonyl (C=O) groups excluding carboxylic acids is 1. The van der Waals surface area contributed by atoms with E-state index in [0.29, 0.717) is 21.7 Å². The molecule has 5 nitrogen and oxygen atoms in total. The zero-order chi connectivity index (χ0) is 22.2. The molecule has 2 atom stereocenters. The monoisotopic (exact) mass is 451 g/mol. The summed E-state index contributed by atoms with van der Waals surface area (Å²) in [7, 11) is -2.90. The summed E-state index contributed by atoms with van der Waals surface area (Å²) >= 11 is 6.02. The van der Waals surface area contributed by atoms with Crippen LogP contribution in [0.25, 0.3) is 6.08 Å². The highest BCUT2D eigenvalue weighted by molar-refractivity contribution is 7.89. The Morgan fingerprint density at radius 1 is 1.23 bits per heavy atom. The van der Waals surface area contributed by atoms with Crippen molar-refractivity contribution in [3.05, 3.63) is 69.5 Å². The van der Waals surface area contributed by atoms with E-state index >= 15 is 0 Å². The fourth-order valence-electron chi connectivity index (χ4n) is 3.87. The van der Waals surface area contributed by atoms with Crippen LogP contribution in [-0.4, -0.2) is 38.4 Å². The molecular formula is C22H23ClFNO4S. The Morgan fingerprint density at radius 3 is 2.60 bits per heavy atom. The molecule has 0 aromatic heterocycles. The second kappa shape index (κ2) is 8.49. The van der Waals surface area contributed by atoms with Crippen molar-refractivity contribution in [1.82, 2.24) is 4.31 Å². The highest BCUT2D eigenvalue weighted by Crippen LogP contribution is 2.35. The van der Waals surface area contributed by atoms with Crippen molar-refractivity contribution < 1.29 is 22.3 Å². The molecule has 2 aromatic carbocycles. The lowest BCUT2D eigenvalue weighted by molar-refractivity contribution is -0.145. The minimum absolute atomic E-state index is 0.0307. The fourth-order valence-corrected chi connectivity index (χ4v) is 5.82. The van der Waals surface area contributed by atoms with Crippen LogP contribution >= 0.6 is 11.6 Å². The highest BCUT2D eigenvalue weighted by Gasteiger charge is 2.42. The average Bonchev–Trinajstić information content (AvgIpc) is 2.81. The van der Waals surface area contributed by atoms with Gasteiger partial charge in [-0.05, 0) is 60.4 Å². The predicted molar refractivity (Wildman–Crippen MR) is 114 cm³/mol. The fraction of sp³-hybridized carbons (Fsp3) is 0.318. The molecule has 0 amide bonds. The number of sulfonamides is 1. The van der Waals surface area contributed by atoms with Gasteiger partial charge in [0.05, 0.1) is 12.0 Å². The maximum Gasteiger partial charge on any atom is 0.324 e. The lowest BCUT2D eigenvalue weighted by Crippen LogP contribution is -2.48. The Morgan fingerprint density at radius 2 is 1.93 bits per heavy atom. The van der Waals surface area contributed by atoms with E-state index in [9.17, 15) is 17.6 Å². The van der Waals surface area contributed by atoms with Gasteiger partial charge in [0, 0.05) is 17.5 Å². The molecule has 0 saturated heterocycles. The van der Waals surface area contributed by atoms with E-state index in [2.05, 4.69) is 0 Å². The van der Waals surface area contributed by atoms with Gasteiger partial charge in [-0.15, -0.1) is 0 Å². The molecule has 0 radical (unpaired) electrons. The zero-order valence-corrected chi connectivity index (χ0v) is 18.7. The van der Waals surface area contributed by atoms with Gasteiger partial charge < -0.3 is 4.74 Å². The zero-order valence-electron chi connectivity index (χ0n) is 17.1. The summed E-state index contributed by atoms with van der Waals surface area (Å²) in [6, 6.07) is 6.18. The molecule has 1 heterocycles. The third-order valence-electron chi connectivity index (χ3n) is 5.56. The van der Waals surface area contributed by atoms with E-state index in [1.54, 1.807) is 38.1 Å². The number of hydrogen-bond donors (Lipinski definition) is 0. The Bertz CT molecular complexity index is 1130. The van der Waals surface area contributed by atoms with Crippen LogP contribution in [0.5, 0.6) is 0 Å². The first-order valence-corrected chi connectivity index (χ1v) is 11.2. The summed E-state index contributed by atoms with van der Waals surface area (Å²) in [5.41, 5.74) is 2.25. The number of rotatable bonds is 4. The van der Waals surface area contributed by atoms with Gasteiger partial charge in [-0.3, -0.25) is 4.79 Å². The molecule has 30 heavy (non-hydrogen) atoms. The molecule has 0 bridgehead atoms. The van der Waals surface area contributed by atoms with Crippen molar-refractivity contribution in [2.75, 3.05) is 13.7 Å². The van der Waals surface area contributed by atoms with Gasteiger partial charge in [0.15, 0.2) is 0 Å². The summed E-state index contributed by atoms with van der Waals surface area (Å²) in [6.45, 7) is 5.17. The summed E-state index contributed by atoms with van der Waals surface area (Å²) in [5.74, 6) is -2.03. The number of nitrogens with zero attached hydrogens (tertiary/aromatic N) is 1. The molecule has 0 saturated carbocycles. The molecule has 3 rings (SSSR count). The van der Waals surface area contributed by atoms with Crippen LogP contribution in [0.3, 0.4) is 0 Å². The SMILES string of the molecule is COC(=O)[C@H](C(C)c1c(F)ccc(C)c1C)N1CC=Cc2cc(Cl)ccc2S1(=O)=O. The Hall–Kier alpha value is -2.22. The topological polar surface area (TPSA) is 63.7 Å². The van der Waals surface area contributed by atoms with Gasteiger partial charge >= 0.3 is 5.97 Å². The van der Waals surface area contributed by atoms with E-state index in [-0.39, 0.29) is 11.4 Å². The van der Waals surface area contributed by atoms with Crippen LogP contribution < -0.4 is 0 Å². The number of fused-ring (bicyclic) bond motifs is 1. The summed E-state index contributed by atoms with van der Waals surface area (Å²) in [4.78, 5) is 12.8. The number of aryl methyl sites for hydroxylation is 1. The number of methoxy groups -OCH3 is 1. The summed E-state index contributed by atoms with van der Waals surface area (Å²) in [5, 5.41) is 0.400. The summed E-state index contributed by atoms with van der Waals surface area (Å²) in [6.07, 6.45) is 3.29. The number of halogens is 2. The number of ether oxygens (including phenoxy) is 1. The standard InChI is InChI=1S/C22H23ClFNO4S/c1-13-7-9-18(24)20(14(13)2)15(3)21(22(26)29-4)25-11-5-6-16-12-17(23)8-10-19(16)30(25,27)28/h5-10,12,15,21H,11H2,1-4H3/t15?,21-/m0/s1. The van der Waals surface area contributed by atoms with Crippen molar-refractivity contribution in [2.45, 2.75) is 37.6 Å². The molecule has 160 valence electrons. The number of esters is 1. The van der Waals surface area contributed by atoms with E-state index in [1.165, 1.54) is 25.3 Å². The predicted octanol–water partition coefficient (Wildman–Crippen LogP) is 4.46. The Labute approximate surface area is 181 Å². The van der Waals surface area contributed by atoms with Gasteiger partial charge in [-0.1, -0.05) is 36.7 Å². The number of hydrogen-bond acceptors (Lipinski definition) is 4. The molecule has 1 aliphatic heterocycles. The molecule has 0 fully saturated rings. The number of carbonyl (C=O) groups is 1. The maximum absolute atomic E-state index is 14.8. The first-order valence-electron chi connectivity index (χ1n) is 9.41. The van der Waals surface area contributed by atoms with Crippen molar-refractivity contribution in [3.63, 3.8) is 0 Å². The second-order valence-corrected chi connectivity index (χ2v) is 9.61. The van der Waals surface area contributed by atoms with Gasteiger partial charge in [0.1, 0.15) is 11.9 Å². The molecule has 1 unspecified atom stereocenters. The van der Waals surface area contributed by atoms with Gasteiger partial charge in [0.2, 0.25) is 10.0 Å². The summed E-state index contributed by atoms with van der Waals surface area (Å²) < 4.78 is 47.8. The van der Waals surface area contributed by atoms with Gasteiger partial charge in [-0.2, -0.15) is 4.31 Å². The van der Waals surface area contributed by atoms with Gasteiger partial charge in [0.25, 0.3) is 0 Å². The first-order chi connectivity index (χ1) is 14.1. The lowest BCUT2D eigenvalue weighted by Gasteiger charge is -2.33. The normalized spacial score (nSPS) is 17.7. The van der Waals surface area contributed by atoms with E-state index in [4.69, 9.17) is 16.3 Å². The van der Waals surface area contributed by atoms with Crippen molar-refractivity contribution >= 4 is 33.7 Å². The minimum atomic E-state index is -4.09. The van der Waals surface area contributed by atoms with E-state index in [0.717, 1.165) is 9.87 Å². The van der Waals surface area contributed by atoms with Crippen molar-refractivity contribution in [2.24, 2.45) is 0 Å². The molecule has 1 aliphatic rings. The number of benzene rings is 2. The van der Waals surface area contributed by atoms with Crippen LogP contribution in [0.2, 0.25) is 5.02 Å². The van der Waals surface area contributed by atoms with Gasteiger partial charge in [-0.25, -0.2) is 12.8 Å². The van der Waals surface area contributed by atoms with E-state index in [1.807, 2.05) is 6.92 Å². The lowest BCUT2D eigenvalue weighted by atomic mass is 9.87. The molecule has 2 aromatic rings. The average molecular weight is 452 g/mol. The molecular weight excluding hydrogens is 429 g/mol. The van der Waals surface area contributed by atoms with Crippen molar-refractivity contribution in [3.8, 4) is 0 Å². The molecule has 0 aliphatic carbocycles. The largest absolute Gasteiger partial charge is 0.468 e. The first kappa shape index (κ1) is 22.5. The van der Waals surface area contributed by atoms with Crippen LogP contribution in [0.1, 0.15) is 35.1 Å².